The molecule has 1 aromatic rings. The van der Waals surface area contributed by atoms with E-state index in [-0.39, 0.29) is 5.91 Å². The van der Waals surface area contributed by atoms with Crippen molar-refractivity contribution in [2.45, 2.75) is 12.8 Å². The number of hydrogen-bond donors (Lipinski definition) is 1. The predicted molar refractivity (Wildman–Crippen MR) is 54.3 cm³/mol. The largest absolute Gasteiger partial charge is 0.352 e. The molecular weight excluding hydrogens is 200 g/mol. The summed E-state index contributed by atoms with van der Waals surface area (Å²) in [6, 6.07) is 1.62. The molecule has 1 aromatic heterocycles. The van der Waals surface area contributed by atoms with Crippen LogP contribution in [0.4, 0.5) is 0 Å². The van der Waals surface area contributed by atoms with Crippen LogP contribution in [0.5, 0.6) is 0 Å². The van der Waals surface area contributed by atoms with Gasteiger partial charge in [0, 0.05) is 18.9 Å². The topological polar surface area (TPSA) is 42.0 Å². The Kier molecular flexibility index (Phi) is 2.68. The van der Waals surface area contributed by atoms with Gasteiger partial charge in [-0.25, -0.2) is 0 Å². The maximum Gasteiger partial charge on any atom is 0.254 e. The van der Waals surface area contributed by atoms with Gasteiger partial charge in [0.2, 0.25) is 0 Å². The first-order valence-corrected chi connectivity index (χ1v) is 5.03. The predicted octanol–water partition coefficient (Wildman–Crippen LogP) is 1.87. The quantitative estimate of drug-likeness (QED) is 0.828. The molecule has 0 aliphatic heterocycles. The van der Waals surface area contributed by atoms with Crippen molar-refractivity contribution in [3.05, 3.63) is 29.0 Å². The maximum atomic E-state index is 11.6. The number of carbonyl (C=O) groups is 1. The zero-order valence-corrected chi connectivity index (χ0v) is 8.42. The van der Waals surface area contributed by atoms with Crippen molar-refractivity contribution in [3.63, 3.8) is 0 Å². The summed E-state index contributed by atoms with van der Waals surface area (Å²) in [5.41, 5.74) is 0.454. The molecule has 1 fully saturated rings. The Balaban J connectivity index is 1.98. The average Bonchev–Trinajstić information content (AvgIpc) is 2.98. The lowest BCUT2D eigenvalue weighted by molar-refractivity contribution is 0.0951. The van der Waals surface area contributed by atoms with Crippen molar-refractivity contribution in [2.24, 2.45) is 5.92 Å². The van der Waals surface area contributed by atoms with Crippen molar-refractivity contribution in [3.8, 4) is 0 Å². The van der Waals surface area contributed by atoms with E-state index in [0.717, 1.165) is 6.54 Å². The summed E-state index contributed by atoms with van der Waals surface area (Å²) in [6.07, 6.45) is 5.51. The molecule has 3 nitrogen and oxygen atoms in total. The van der Waals surface area contributed by atoms with Crippen molar-refractivity contribution < 1.29 is 4.79 Å². The molecule has 0 saturated heterocycles. The maximum absolute atomic E-state index is 11.6. The van der Waals surface area contributed by atoms with Gasteiger partial charge in [-0.3, -0.25) is 9.78 Å². The van der Waals surface area contributed by atoms with Gasteiger partial charge in [-0.05, 0) is 24.8 Å². The van der Waals surface area contributed by atoms with Crippen LogP contribution in [0.3, 0.4) is 0 Å². The molecule has 0 atom stereocenters. The first-order valence-electron chi connectivity index (χ1n) is 4.65. The van der Waals surface area contributed by atoms with Crippen molar-refractivity contribution in [2.75, 3.05) is 6.54 Å². The average molecular weight is 211 g/mol. The zero-order valence-electron chi connectivity index (χ0n) is 7.66. The second kappa shape index (κ2) is 3.96. The lowest BCUT2D eigenvalue weighted by atomic mass is 10.2. The number of halogens is 1. The summed E-state index contributed by atoms with van der Waals surface area (Å²) in [6.45, 7) is 0.754. The van der Waals surface area contributed by atoms with E-state index in [0.29, 0.717) is 16.5 Å². The normalized spacial score (nSPS) is 15.2. The van der Waals surface area contributed by atoms with Crippen LogP contribution >= 0.6 is 11.6 Å². The number of carbonyl (C=O) groups excluding carboxylic acids is 1. The summed E-state index contributed by atoms with van der Waals surface area (Å²) in [7, 11) is 0. The van der Waals surface area contributed by atoms with Gasteiger partial charge >= 0.3 is 0 Å². The van der Waals surface area contributed by atoms with Gasteiger partial charge in [0.25, 0.3) is 5.91 Å². The lowest BCUT2D eigenvalue weighted by Gasteiger charge is -2.04. The molecule has 1 N–H and O–H groups in total. The number of nitrogens with zero attached hydrogens (tertiary/aromatic N) is 1. The molecule has 4 heteroatoms. The third kappa shape index (κ3) is 2.23. The summed E-state index contributed by atoms with van der Waals surface area (Å²) < 4.78 is 0. The number of nitrogens with one attached hydrogen (secondary N) is 1. The van der Waals surface area contributed by atoms with E-state index in [2.05, 4.69) is 10.3 Å². The Morgan fingerprint density at radius 1 is 1.64 bits per heavy atom. The number of rotatable bonds is 3. The van der Waals surface area contributed by atoms with Gasteiger partial charge in [-0.15, -0.1) is 0 Å². The minimum absolute atomic E-state index is 0.130. The van der Waals surface area contributed by atoms with E-state index in [1.165, 1.54) is 19.0 Å². The number of pyridine rings is 1. The molecule has 2 rings (SSSR count). The van der Waals surface area contributed by atoms with Crippen molar-refractivity contribution in [1.29, 1.82) is 0 Å². The molecule has 0 spiro atoms. The molecular formula is C10H11ClN2O. The Bertz CT molecular complexity index is 350. The highest BCUT2D eigenvalue weighted by Crippen LogP contribution is 2.27. The number of aromatic nitrogens is 1. The standard InChI is InChI=1S/C10H11ClN2O/c11-9-3-4-12-6-8(9)10(14)13-5-7-1-2-7/h3-4,6-7H,1-2,5H2,(H,13,14). The molecule has 0 aromatic carbocycles. The molecule has 1 amide bonds. The number of amides is 1. The highest BCUT2D eigenvalue weighted by atomic mass is 35.5. The van der Waals surface area contributed by atoms with Gasteiger partial charge in [-0.2, -0.15) is 0 Å². The SMILES string of the molecule is O=C(NCC1CC1)c1cnccc1Cl. The van der Waals surface area contributed by atoms with Gasteiger partial charge in [-0.1, -0.05) is 11.6 Å². The molecule has 0 unspecified atom stereocenters. The van der Waals surface area contributed by atoms with Gasteiger partial charge in [0.1, 0.15) is 0 Å². The lowest BCUT2D eigenvalue weighted by Crippen LogP contribution is -2.25. The smallest absolute Gasteiger partial charge is 0.254 e. The Labute approximate surface area is 87.5 Å². The van der Waals surface area contributed by atoms with Crippen LogP contribution in [0, 0.1) is 5.92 Å². The minimum atomic E-state index is -0.130. The fourth-order valence-electron chi connectivity index (χ4n) is 1.20. The second-order valence-electron chi connectivity index (χ2n) is 3.51. The Hall–Kier alpha value is -1.09. The van der Waals surface area contributed by atoms with E-state index in [4.69, 9.17) is 11.6 Å². The van der Waals surface area contributed by atoms with Gasteiger partial charge in [0.05, 0.1) is 10.6 Å². The second-order valence-corrected chi connectivity index (χ2v) is 3.92. The molecule has 0 bridgehead atoms. The Morgan fingerprint density at radius 3 is 3.07 bits per heavy atom. The fourth-order valence-corrected chi connectivity index (χ4v) is 1.39. The van der Waals surface area contributed by atoms with Crippen LogP contribution in [0.15, 0.2) is 18.5 Å². The van der Waals surface area contributed by atoms with Crippen molar-refractivity contribution in [1.82, 2.24) is 10.3 Å². The van der Waals surface area contributed by atoms with Crippen molar-refractivity contribution >= 4 is 17.5 Å². The van der Waals surface area contributed by atoms with Gasteiger partial charge < -0.3 is 5.32 Å². The summed E-state index contributed by atoms with van der Waals surface area (Å²) in [4.78, 5) is 15.4. The Morgan fingerprint density at radius 2 is 2.43 bits per heavy atom. The van der Waals surface area contributed by atoms with E-state index >= 15 is 0 Å². The minimum Gasteiger partial charge on any atom is -0.352 e. The molecule has 14 heavy (non-hydrogen) atoms. The monoisotopic (exact) mass is 210 g/mol. The molecule has 1 aliphatic carbocycles. The van der Waals surface area contributed by atoms with Crippen LogP contribution in [-0.4, -0.2) is 17.4 Å². The van der Waals surface area contributed by atoms with Crippen LogP contribution in [-0.2, 0) is 0 Å². The molecule has 0 radical (unpaired) electrons. The van der Waals surface area contributed by atoms with E-state index in [1.807, 2.05) is 0 Å². The number of hydrogen-bond acceptors (Lipinski definition) is 2. The van der Waals surface area contributed by atoms with Crippen LogP contribution in [0.2, 0.25) is 5.02 Å². The fraction of sp³-hybridized carbons (Fsp3) is 0.400. The van der Waals surface area contributed by atoms with E-state index < -0.39 is 0 Å². The summed E-state index contributed by atoms with van der Waals surface area (Å²) >= 11 is 5.85. The summed E-state index contributed by atoms with van der Waals surface area (Å²) in [5.74, 6) is 0.546. The third-order valence-corrected chi connectivity index (χ3v) is 2.59. The van der Waals surface area contributed by atoms with Crippen LogP contribution in [0.1, 0.15) is 23.2 Å². The summed E-state index contributed by atoms with van der Waals surface area (Å²) in [5, 5.41) is 3.29. The first-order chi connectivity index (χ1) is 6.77. The third-order valence-electron chi connectivity index (χ3n) is 2.26. The molecule has 1 heterocycles. The van der Waals surface area contributed by atoms with E-state index in [9.17, 15) is 4.79 Å². The zero-order chi connectivity index (χ0) is 9.97. The molecule has 74 valence electrons. The van der Waals surface area contributed by atoms with Crippen LogP contribution in [0.25, 0.3) is 0 Å². The van der Waals surface area contributed by atoms with Crippen LogP contribution < -0.4 is 5.32 Å². The van der Waals surface area contributed by atoms with Gasteiger partial charge in [0.15, 0.2) is 0 Å². The first kappa shape index (κ1) is 9.46. The highest BCUT2D eigenvalue weighted by Gasteiger charge is 2.22. The molecule has 1 aliphatic rings. The highest BCUT2D eigenvalue weighted by molar-refractivity contribution is 6.33. The van der Waals surface area contributed by atoms with E-state index in [1.54, 1.807) is 12.3 Å². The molecule has 1 saturated carbocycles.